The fraction of sp³-hybridized carbons (Fsp3) is 0.0500. The van der Waals surface area contributed by atoms with Crippen LogP contribution in [-0.4, -0.2) is 13.5 Å². The number of hydrogen-bond donors (Lipinski definition) is 3. The molecule has 0 heterocycles. The average Bonchev–Trinajstić information content (AvgIpc) is 2.68. The third-order valence-electron chi connectivity index (χ3n) is 3.80. The van der Waals surface area contributed by atoms with Gasteiger partial charge in [0.2, 0.25) is 10.0 Å². The maximum absolute atomic E-state index is 11.3. The van der Waals surface area contributed by atoms with E-state index in [1.807, 2.05) is 54.6 Å². The molecule has 0 aliphatic heterocycles. The highest BCUT2D eigenvalue weighted by molar-refractivity contribution is 7.89. The zero-order valence-corrected chi connectivity index (χ0v) is 16.5. The number of nitrogens with two attached hydrogens (primary N) is 1. The van der Waals surface area contributed by atoms with Gasteiger partial charge in [0.15, 0.2) is 5.11 Å². The molecule has 0 saturated carbocycles. The highest BCUT2D eigenvalue weighted by Crippen LogP contribution is 2.22. The second-order valence-corrected chi connectivity index (χ2v) is 7.91. The standard InChI is InChI=1S/C20H19N3O3S2/c21-28(24,25)19-12-6-15(7-13-19)14-22-20(27)23-16-8-10-18(11-9-16)26-17-4-2-1-3-5-17/h1-13H,14H2,(H2,21,24,25)(H2,22,23,27). The summed E-state index contributed by atoms with van der Waals surface area (Å²) in [7, 11) is -3.68. The minimum absolute atomic E-state index is 0.0785. The van der Waals surface area contributed by atoms with E-state index in [1.165, 1.54) is 12.1 Å². The molecule has 144 valence electrons. The monoisotopic (exact) mass is 413 g/mol. The molecule has 3 aromatic carbocycles. The largest absolute Gasteiger partial charge is 0.457 e. The summed E-state index contributed by atoms with van der Waals surface area (Å²) in [6, 6.07) is 23.3. The molecule has 0 fully saturated rings. The Morgan fingerprint density at radius 2 is 1.50 bits per heavy atom. The SMILES string of the molecule is NS(=O)(=O)c1ccc(CNC(=S)Nc2ccc(Oc3ccccc3)cc2)cc1. The lowest BCUT2D eigenvalue weighted by Crippen LogP contribution is -2.27. The number of anilines is 1. The van der Waals surface area contributed by atoms with Gasteiger partial charge in [-0.25, -0.2) is 13.6 Å². The Morgan fingerprint density at radius 3 is 2.11 bits per heavy atom. The maximum Gasteiger partial charge on any atom is 0.238 e. The van der Waals surface area contributed by atoms with E-state index in [1.54, 1.807) is 12.1 Å². The van der Waals surface area contributed by atoms with Crippen LogP contribution in [0.3, 0.4) is 0 Å². The molecule has 0 amide bonds. The second kappa shape index (κ2) is 8.83. The highest BCUT2D eigenvalue weighted by atomic mass is 32.2. The van der Waals surface area contributed by atoms with E-state index in [0.717, 1.165) is 22.7 Å². The van der Waals surface area contributed by atoms with Crippen LogP contribution in [0.2, 0.25) is 0 Å². The summed E-state index contributed by atoms with van der Waals surface area (Å²) in [4.78, 5) is 0.0785. The Labute approximate surface area is 169 Å². The lowest BCUT2D eigenvalue weighted by Gasteiger charge is -2.12. The predicted octanol–water partition coefficient (Wildman–Crippen LogP) is 3.61. The van der Waals surface area contributed by atoms with Gasteiger partial charge in [0.25, 0.3) is 0 Å². The van der Waals surface area contributed by atoms with Crippen LogP contribution in [0.5, 0.6) is 11.5 Å². The number of ether oxygens (including phenoxy) is 1. The first-order valence-corrected chi connectivity index (χ1v) is 10.4. The molecule has 0 aliphatic rings. The normalized spacial score (nSPS) is 10.9. The van der Waals surface area contributed by atoms with Gasteiger partial charge in [0.05, 0.1) is 4.90 Å². The van der Waals surface area contributed by atoms with Gasteiger partial charge in [-0.3, -0.25) is 0 Å². The summed E-state index contributed by atoms with van der Waals surface area (Å²) in [5, 5.41) is 11.7. The molecule has 0 atom stereocenters. The van der Waals surface area contributed by atoms with Gasteiger partial charge in [-0.1, -0.05) is 30.3 Å². The van der Waals surface area contributed by atoms with Crippen LogP contribution in [0.25, 0.3) is 0 Å². The minimum Gasteiger partial charge on any atom is -0.457 e. The number of sulfonamides is 1. The van der Waals surface area contributed by atoms with Crippen LogP contribution in [-0.2, 0) is 16.6 Å². The Morgan fingerprint density at radius 1 is 0.893 bits per heavy atom. The molecule has 0 aromatic heterocycles. The Hall–Kier alpha value is -2.94. The van der Waals surface area contributed by atoms with Crippen LogP contribution in [0.4, 0.5) is 5.69 Å². The molecule has 4 N–H and O–H groups in total. The first-order valence-electron chi connectivity index (χ1n) is 8.40. The average molecular weight is 414 g/mol. The third-order valence-corrected chi connectivity index (χ3v) is 4.97. The molecule has 8 heteroatoms. The Balaban J connectivity index is 1.50. The van der Waals surface area contributed by atoms with Crippen molar-refractivity contribution in [3.8, 4) is 11.5 Å². The van der Waals surface area contributed by atoms with Crippen molar-refractivity contribution in [3.05, 3.63) is 84.4 Å². The van der Waals surface area contributed by atoms with Crippen molar-refractivity contribution in [2.24, 2.45) is 5.14 Å². The van der Waals surface area contributed by atoms with Crippen molar-refractivity contribution in [1.29, 1.82) is 0 Å². The van der Waals surface area contributed by atoms with Crippen LogP contribution in [0, 0.1) is 0 Å². The van der Waals surface area contributed by atoms with Crippen LogP contribution >= 0.6 is 12.2 Å². The van der Waals surface area contributed by atoms with E-state index in [-0.39, 0.29) is 4.90 Å². The van der Waals surface area contributed by atoms with E-state index >= 15 is 0 Å². The summed E-state index contributed by atoms with van der Waals surface area (Å²) >= 11 is 5.29. The van der Waals surface area contributed by atoms with Crippen molar-refractivity contribution in [1.82, 2.24) is 5.32 Å². The number of thiocarbonyl (C=S) groups is 1. The molecule has 3 rings (SSSR count). The fourth-order valence-corrected chi connectivity index (χ4v) is 3.09. The minimum atomic E-state index is -3.68. The number of hydrogen-bond acceptors (Lipinski definition) is 4. The number of rotatable bonds is 6. The number of nitrogens with one attached hydrogen (secondary N) is 2. The van der Waals surface area contributed by atoms with Crippen molar-refractivity contribution < 1.29 is 13.2 Å². The Bertz CT molecular complexity index is 1040. The topological polar surface area (TPSA) is 93.5 Å². The zero-order valence-electron chi connectivity index (χ0n) is 14.8. The lowest BCUT2D eigenvalue weighted by molar-refractivity contribution is 0.483. The van der Waals surface area contributed by atoms with Gasteiger partial charge in [-0.2, -0.15) is 0 Å². The van der Waals surface area contributed by atoms with E-state index in [2.05, 4.69) is 10.6 Å². The number of para-hydroxylation sites is 1. The van der Waals surface area contributed by atoms with Gasteiger partial charge < -0.3 is 15.4 Å². The smallest absolute Gasteiger partial charge is 0.238 e. The molecule has 28 heavy (non-hydrogen) atoms. The fourth-order valence-electron chi connectivity index (χ4n) is 2.39. The molecule has 3 aromatic rings. The van der Waals surface area contributed by atoms with Gasteiger partial charge in [0.1, 0.15) is 11.5 Å². The molecule has 0 spiro atoms. The summed E-state index contributed by atoms with van der Waals surface area (Å²) in [6.07, 6.45) is 0. The third kappa shape index (κ3) is 5.78. The van der Waals surface area contributed by atoms with E-state index < -0.39 is 10.0 Å². The van der Waals surface area contributed by atoms with Gasteiger partial charge >= 0.3 is 0 Å². The van der Waals surface area contributed by atoms with Crippen molar-refractivity contribution in [2.75, 3.05) is 5.32 Å². The zero-order chi connectivity index (χ0) is 20.0. The highest BCUT2D eigenvalue weighted by Gasteiger charge is 2.07. The number of primary sulfonamides is 1. The van der Waals surface area contributed by atoms with Crippen LogP contribution in [0.15, 0.2) is 83.8 Å². The van der Waals surface area contributed by atoms with Crippen molar-refractivity contribution in [3.63, 3.8) is 0 Å². The van der Waals surface area contributed by atoms with E-state index in [9.17, 15) is 8.42 Å². The first kappa shape index (κ1) is 19.8. The molecule has 0 aliphatic carbocycles. The summed E-state index contributed by atoms with van der Waals surface area (Å²) in [5.41, 5.74) is 1.70. The molecular formula is C20H19N3O3S2. The van der Waals surface area contributed by atoms with Crippen LogP contribution < -0.4 is 20.5 Å². The van der Waals surface area contributed by atoms with Crippen molar-refractivity contribution in [2.45, 2.75) is 11.4 Å². The van der Waals surface area contributed by atoms with Crippen molar-refractivity contribution >= 4 is 33.0 Å². The lowest BCUT2D eigenvalue weighted by atomic mass is 10.2. The second-order valence-electron chi connectivity index (χ2n) is 5.94. The van der Waals surface area contributed by atoms with Gasteiger partial charge in [-0.05, 0) is 66.3 Å². The molecular weight excluding hydrogens is 394 g/mol. The van der Waals surface area contributed by atoms with Gasteiger partial charge in [0, 0.05) is 12.2 Å². The maximum atomic E-state index is 11.3. The first-order chi connectivity index (χ1) is 13.4. The number of benzene rings is 3. The van der Waals surface area contributed by atoms with E-state index in [4.69, 9.17) is 22.1 Å². The summed E-state index contributed by atoms with van der Waals surface area (Å²) < 4.78 is 28.3. The summed E-state index contributed by atoms with van der Waals surface area (Å²) in [5.74, 6) is 1.50. The molecule has 0 radical (unpaired) electrons. The quantitative estimate of drug-likeness (QED) is 0.535. The van der Waals surface area contributed by atoms with Crippen LogP contribution in [0.1, 0.15) is 5.56 Å². The van der Waals surface area contributed by atoms with Gasteiger partial charge in [-0.15, -0.1) is 0 Å². The van der Waals surface area contributed by atoms with E-state index in [0.29, 0.717) is 11.7 Å². The predicted molar refractivity (Wildman–Crippen MR) is 114 cm³/mol. The molecule has 0 unspecified atom stereocenters. The molecule has 0 bridgehead atoms. The summed E-state index contributed by atoms with van der Waals surface area (Å²) in [6.45, 7) is 0.450. The molecule has 0 saturated heterocycles. The molecule has 6 nitrogen and oxygen atoms in total. The Kier molecular flexibility index (Phi) is 6.25.